The van der Waals surface area contributed by atoms with Gasteiger partial charge in [-0.15, -0.1) is 10.2 Å². The largest absolute Gasteiger partial charge is 0.416 e. The molecule has 2 aromatic carbocycles. The molecular weight excluding hydrogens is 557 g/mol. The molecule has 2 aliphatic heterocycles. The van der Waals surface area contributed by atoms with Crippen LogP contribution in [-0.2, 0) is 36.5 Å². The average molecular weight is 595 g/mol. The standard InChI is InChI=1S/C32H35F3N6O2.H2/c1-4-28(42)40-9-8-21(17-40)15-36-16-22-10-25-26(27(11-22)32(33,34)35)18-41(29(25)43)24-7-5-6-23(12-24)31(13-20(2)14-31)30-38-37-19-39(30)3;/h4-7,10-12,19-21,36H,1,8-9,13-18H2,2-3H3;1H/t20?,21-,31?;/m1./s1. The fourth-order valence-corrected chi connectivity index (χ4v) is 7.15. The van der Waals surface area contributed by atoms with Crippen molar-refractivity contribution >= 4 is 17.5 Å². The molecule has 0 spiro atoms. The molecule has 11 heteroatoms. The quantitative estimate of drug-likeness (QED) is 0.368. The maximum absolute atomic E-state index is 14.3. The summed E-state index contributed by atoms with van der Waals surface area (Å²) in [6.45, 7) is 7.51. The van der Waals surface area contributed by atoms with Crippen LogP contribution in [0, 0.1) is 11.8 Å². The van der Waals surface area contributed by atoms with E-state index in [-0.39, 0.29) is 42.9 Å². The van der Waals surface area contributed by atoms with E-state index in [4.69, 9.17) is 0 Å². The molecule has 1 aromatic heterocycles. The number of carbonyl (C=O) groups excluding carboxylic acids is 2. The number of aromatic nitrogens is 3. The number of nitrogens with one attached hydrogen (secondary N) is 1. The summed E-state index contributed by atoms with van der Waals surface area (Å²) in [5, 5.41) is 11.7. The number of anilines is 1. The number of likely N-dealkylation sites (tertiary alicyclic amines) is 1. The smallest absolute Gasteiger partial charge is 0.339 e. The molecule has 228 valence electrons. The highest BCUT2D eigenvalue weighted by atomic mass is 19.4. The molecule has 1 N–H and O–H groups in total. The van der Waals surface area contributed by atoms with E-state index in [2.05, 4.69) is 29.0 Å². The van der Waals surface area contributed by atoms with Crippen molar-refractivity contribution in [3.8, 4) is 0 Å². The third-order valence-corrected chi connectivity index (χ3v) is 9.18. The van der Waals surface area contributed by atoms with E-state index in [0.29, 0.717) is 36.8 Å². The summed E-state index contributed by atoms with van der Waals surface area (Å²) in [6.07, 6.45) is 0.909. The summed E-state index contributed by atoms with van der Waals surface area (Å²) < 4.78 is 44.8. The number of hydrogen-bond donors (Lipinski definition) is 1. The highest BCUT2D eigenvalue weighted by Gasteiger charge is 2.48. The Balaban J connectivity index is 0.00000384. The Kier molecular flexibility index (Phi) is 7.40. The molecule has 6 rings (SSSR count). The Morgan fingerprint density at radius 3 is 2.72 bits per heavy atom. The normalized spacial score (nSPS) is 23.4. The van der Waals surface area contributed by atoms with Crippen LogP contribution < -0.4 is 10.2 Å². The van der Waals surface area contributed by atoms with E-state index in [1.54, 1.807) is 23.4 Å². The maximum atomic E-state index is 14.3. The molecule has 3 heterocycles. The van der Waals surface area contributed by atoms with Crippen LogP contribution in [0.4, 0.5) is 18.9 Å². The molecule has 1 atom stereocenters. The Bertz CT molecular complexity index is 1580. The van der Waals surface area contributed by atoms with Crippen molar-refractivity contribution in [2.75, 3.05) is 24.5 Å². The van der Waals surface area contributed by atoms with Crippen molar-refractivity contribution in [1.82, 2.24) is 25.0 Å². The molecule has 1 saturated carbocycles. The molecule has 2 fully saturated rings. The van der Waals surface area contributed by atoms with Crippen molar-refractivity contribution in [2.24, 2.45) is 18.9 Å². The van der Waals surface area contributed by atoms with Crippen LogP contribution in [0.3, 0.4) is 0 Å². The molecular formula is C32H37F3N6O2. The van der Waals surface area contributed by atoms with Gasteiger partial charge >= 0.3 is 6.18 Å². The number of alkyl halides is 3. The van der Waals surface area contributed by atoms with Gasteiger partial charge in [-0.25, -0.2) is 0 Å². The predicted octanol–water partition coefficient (Wildman–Crippen LogP) is 5.08. The monoisotopic (exact) mass is 594 g/mol. The SMILES string of the molecule is C=CC(=O)N1CC[C@H](CNCc2cc3c(c(C(F)(F)F)c2)CN(c2cccc(C4(c5nncn5C)CC(C)C4)c2)C3=O)C1.[HH]. The van der Waals surface area contributed by atoms with E-state index in [9.17, 15) is 22.8 Å². The van der Waals surface area contributed by atoms with Gasteiger partial charge in [0.05, 0.1) is 17.5 Å². The summed E-state index contributed by atoms with van der Waals surface area (Å²) in [5.41, 5.74) is 0.887. The summed E-state index contributed by atoms with van der Waals surface area (Å²) in [7, 11) is 1.90. The van der Waals surface area contributed by atoms with Gasteiger partial charge in [0, 0.05) is 45.9 Å². The van der Waals surface area contributed by atoms with Gasteiger partial charge in [0.2, 0.25) is 5.91 Å². The van der Waals surface area contributed by atoms with E-state index >= 15 is 0 Å². The lowest BCUT2D eigenvalue weighted by Crippen LogP contribution is -2.43. The Hall–Kier alpha value is -3.99. The number of benzene rings is 2. The Morgan fingerprint density at radius 1 is 1.26 bits per heavy atom. The molecule has 3 aliphatic rings. The Morgan fingerprint density at radius 2 is 2.05 bits per heavy atom. The van der Waals surface area contributed by atoms with Crippen LogP contribution in [-0.4, -0.2) is 51.1 Å². The van der Waals surface area contributed by atoms with Crippen LogP contribution in [0.15, 0.2) is 55.4 Å². The molecule has 0 radical (unpaired) electrons. The van der Waals surface area contributed by atoms with Gasteiger partial charge < -0.3 is 19.7 Å². The van der Waals surface area contributed by atoms with Crippen molar-refractivity contribution in [3.05, 3.63) is 89.0 Å². The van der Waals surface area contributed by atoms with Crippen molar-refractivity contribution in [2.45, 2.75) is 50.9 Å². The van der Waals surface area contributed by atoms with Crippen LogP contribution in [0.2, 0.25) is 0 Å². The summed E-state index contributed by atoms with van der Waals surface area (Å²) in [6, 6.07) is 10.3. The lowest BCUT2D eigenvalue weighted by molar-refractivity contribution is -0.138. The highest BCUT2D eigenvalue weighted by Crippen LogP contribution is 2.52. The van der Waals surface area contributed by atoms with Gasteiger partial charge in [-0.05, 0) is 78.1 Å². The molecule has 1 saturated heterocycles. The number of hydrogen-bond acceptors (Lipinski definition) is 5. The van der Waals surface area contributed by atoms with Crippen LogP contribution in [0.25, 0.3) is 0 Å². The van der Waals surface area contributed by atoms with Crippen LogP contribution in [0.5, 0.6) is 0 Å². The topological polar surface area (TPSA) is 83.4 Å². The molecule has 8 nitrogen and oxygen atoms in total. The van der Waals surface area contributed by atoms with Gasteiger partial charge in [-0.2, -0.15) is 13.2 Å². The van der Waals surface area contributed by atoms with Gasteiger partial charge in [0.25, 0.3) is 5.91 Å². The van der Waals surface area contributed by atoms with Crippen molar-refractivity contribution in [3.63, 3.8) is 0 Å². The molecule has 0 unspecified atom stereocenters. The number of nitrogens with zero attached hydrogens (tertiary/aromatic N) is 5. The molecule has 2 amide bonds. The second-order valence-corrected chi connectivity index (χ2v) is 12.2. The summed E-state index contributed by atoms with van der Waals surface area (Å²) in [4.78, 5) is 28.7. The van der Waals surface area contributed by atoms with E-state index in [0.717, 1.165) is 36.7 Å². The zero-order valence-electron chi connectivity index (χ0n) is 24.3. The predicted molar refractivity (Wildman–Crippen MR) is 157 cm³/mol. The number of carbonyl (C=O) groups is 2. The van der Waals surface area contributed by atoms with Gasteiger partial charge in [0.1, 0.15) is 12.2 Å². The van der Waals surface area contributed by atoms with E-state index < -0.39 is 17.6 Å². The molecule has 1 aliphatic carbocycles. The summed E-state index contributed by atoms with van der Waals surface area (Å²) >= 11 is 0. The third kappa shape index (κ3) is 5.24. The minimum absolute atomic E-state index is 0. The van der Waals surface area contributed by atoms with E-state index in [1.807, 2.05) is 29.8 Å². The first-order chi connectivity index (χ1) is 20.5. The van der Waals surface area contributed by atoms with Gasteiger partial charge in [-0.1, -0.05) is 25.6 Å². The molecule has 0 bridgehead atoms. The first kappa shape index (κ1) is 29.1. The van der Waals surface area contributed by atoms with Crippen LogP contribution in [0.1, 0.15) is 66.0 Å². The number of aryl methyl sites for hydroxylation is 1. The first-order valence-corrected chi connectivity index (χ1v) is 14.6. The fraction of sp³-hybridized carbons (Fsp3) is 0.438. The molecule has 3 aromatic rings. The maximum Gasteiger partial charge on any atom is 0.416 e. The minimum atomic E-state index is -4.60. The zero-order valence-corrected chi connectivity index (χ0v) is 24.3. The van der Waals surface area contributed by atoms with Gasteiger partial charge in [0.15, 0.2) is 0 Å². The lowest BCUT2D eigenvalue weighted by Gasteiger charge is -2.46. The second-order valence-electron chi connectivity index (χ2n) is 12.2. The average Bonchev–Trinajstić information content (AvgIpc) is 3.69. The third-order valence-electron chi connectivity index (χ3n) is 9.18. The number of amides is 2. The fourth-order valence-electron chi connectivity index (χ4n) is 7.15. The zero-order chi connectivity index (χ0) is 30.5. The second kappa shape index (κ2) is 10.9. The van der Waals surface area contributed by atoms with Gasteiger partial charge in [-0.3, -0.25) is 9.59 Å². The molecule has 43 heavy (non-hydrogen) atoms. The Labute approximate surface area is 250 Å². The van der Waals surface area contributed by atoms with Crippen LogP contribution >= 0.6 is 0 Å². The van der Waals surface area contributed by atoms with Crippen molar-refractivity contribution < 1.29 is 24.2 Å². The summed E-state index contributed by atoms with van der Waals surface area (Å²) in [5.74, 6) is 0.974. The number of fused-ring (bicyclic) bond motifs is 1. The lowest BCUT2D eigenvalue weighted by atomic mass is 9.58. The minimum Gasteiger partial charge on any atom is -0.339 e. The first-order valence-electron chi connectivity index (χ1n) is 14.6. The number of halogens is 3. The number of rotatable bonds is 8. The van der Waals surface area contributed by atoms with E-state index in [1.165, 1.54) is 11.0 Å². The highest BCUT2D eigenvalue weighted by molar-refractivity contribution is 6.10. The van der Waals surface area contributed by atoms with Crippen molar-refractivity contribution in [1.29, 1.82) is 0 Å².